The van der Waals surface area contributed by atoms with E-state index < -0.39 is 10.0 Å². The third-order valence-corrected chi connectivity index (χ3v) is 7.05. The largest absolute Gasteiger partial charge is 0.342 e. The van der Waals surface area contributed by atoms with E-state index in [9.17, 15) is 18.0 Å². The van der Waals surface area contributed by atoms with Crippen LogP contribution < -0.4 is 10.0 Å². The predicted molar refractivity (Wildman–Crippen MR) is 129 cm³/mol. The van der Waals surface area contributed by atoms with Crippen molar-refractivity contribution < 1.29 is 18.0 Å². The fourth-order valence-electron chi connectivity index (χ4n) is 3.64. The lowest BCUT2D eigenvalue weighted by Gasteiger charge is -2.15. The number of amides is 2. The molecule has 7 nitrogen and oxygen atoms in total. The first kappa shape index (κ1) is 24.9. The summed E-state index contributed by atoms with van der Waals surface area (Å²) >= 11 is 0. The van der Waals surface area contributed by atoms with E-state index in [-0.39, 0.29) is 29.0 Å². The third-order valence-electron chi connectivity index (χ3n) is 5.61. The number of aryl methyl sites for hydroxylation is 1. The van der Waals surface area contributed by atoms with Gasteiger partial charge in [-0.2, -0.15) is 0 Å². The van der Waals surface area contributed by atoms with Crippen LogP contribution in [0.4, 0.5) is 5.69 Å². The van der Waals surface area contributed by atoms with Gasteiger partial charge in [-0.25, -0.2) is 13.1 Å². The molecular formula is C25H33N3O4S. The number of nitrogens with one attached hydrogen (secondary N) is 2. The van der Waals surface area contributed by atoms with Crippen molar-refractivity contribution in [3.05, 3.63) is 59.7 Å². The van der Waals surface area contributed by atoms with Crippen LogP contribution in [-0.4, -0.2) is 44.8 Å². The standard InChI is InChI=1S/C25H33N3O4S/c1-19(2)18-26-33(31,32)23-12-7-20(8-13-23)9-14-24(29)27-22-10-5-21(6-11-22)17-25(30)28-15-3-4-16-28/h5-8,10-13,19,26H,3-4,9,14-18H2,1-2H3,(H,27,29). The van der Waals surface area contributed by atoms with Gasteiger partial charge in [-0.15, -0.1) is 0 Å². The highest BCUT2D eigenvalue weighted by atomic mass is 32.2. The van der Waals surface area contributed by atoms with Crippen molar-refractivity contribution >= 4 is 27.5 Å². The second-order valence-corrected chi connectivity index (χ2v) is 10.7. The minimum absolute atomic E-state index is 0.119. The maximum atomic E-state index is 12.3. The highest BCUT2D eigenvalue weighted by Crippen LogP contribution is 2.15. The number of carbonyl (C=O) groups excluding carboxylic acids is 2. The van der Waals surface area contributed by atoms with Crippen molar-refractivity contribution in [1.82, 2.24) is 9.62 Å². The summed E-state index contributed by atoms with van der Waals surface area (Å²) in [6.45, 7) is 5.98. The number of anilines is 1. The molecule has 2 N–H and O–H groups in total. The fourth-order valence-corrected chi connectivity index (χ4v) is 4.85. The predicted octanol–water partition coefficient (Wildman–Crippen LogP) is 3.36. The molecule has 2 aromatic carbocycles. The van der Waals surface area contributed by atoms with E-state index in [0.29, 0.717) is 25.1 Å². The molecule has 2 aromatic rings. The number of hydrogen-bond acceptors (Lipinski definition) is 4. The van der Waals surface area contributed by atoms with Gasteiger partial charge in [-0.3, -0.25) is 9.59 Å². The first-order chi connectivity index (χ1) is 15.7. The Bertz CT molecular complexity index is 1040. The van der Waals surface area contributed by atoms with Crippen molar-refractivity contribution in [3.63, 3.8) is 0 Å². The summed E-state index contributed by atoms with van der Waals surface area (Å²) in [5.74, 6) is 0.260. The van der Waals surface area contributed by atoms with Crippen LogP contribution in [0, 0.1) is 5.92 Å². The minimum atomic E-state index is -3.51. The number of hydrogen-bond donors (Lipinski definition) is 2. The van der Waals surface area contributed by atoms with Crippen molar-refractivity contribution in [3.8, 4) is 0 Å². The molecule has 0 spiro atoms. The van der Waals surface area contributed by atoms with E-state index in [2.05, 4.69) is 10.0 Å². The van der Waals surface area contributed by atoms with Gasteiger partial charge in [-0.05, 0) is 60.6 Å². The van der Waals surface area contributed by atoms with Crippen LogP contribution in [0.5, 0.6) is 0 Å². The van der Waals surface area contributed by atoms with E-state index in [0.717, 1.165) is 37.1 Å². The van der Waals surface area contributed by atoms with Crippen LogP contribution in [0.2, 0.25) is 0 Å². The summed E-state index contributed by atoms with van der Waals surface area (Å²) in [6.07, 6.45) is 3.33. The molecule has 3 rings (SSSR count). The Balaban J connectivity index is 1.45. The van der Waals surface area contributed by atoms with Crippen molar-refractivity contribution in [2.24, 2.45) is 5.92 Å². The summed E-state index contributed by atoms with van der Waals surface area (Å²) in [4.78, 5) is 26.7. The van der Waals surface area contributed by atoms with E-state index >= 15 is 0 Å². The molecular weight excluding hydrogens is 438 g/mol. The summed E-state index contributed by atoms with van der Waals surface area (Å²) in [5, 5.41) is 2.87. The van der Waals surface area contributed by atoms with Crippen LogP contribution in [0.3, 0.4) is 0 Å². The molecule has 8 heteroatoms. The third kappa shape index (κ3) is 7.68. The number of benzene rings is 2. The lowest BCUT2D eigenvalue weighted by Crippen LogP contribution is -2.29. The molecule has 33 heavy (non-hydrogen) atoms. The van der Waals surface area contributed by atoms with E-state index in [1.54, 1.807) is 24.3 Å². The molecule has 0 bridgehead atoms. The van der Waals surface area contributed by atoms with E-state index in [1.165, 1.54) is 0 Å². The first-order valence-electron chi connectivity index (χ1n) is 11.5. The van der Waals surface area contributed by atoms with Gasteiger partial charge in [0.1, 0.15) is 0 Å². The van der Waals surface area contributed by atoms with Crippen molar-refractivity contribution in [2.75, 3.05) is 25.0 Å². The summed E-state index contributed by atoms with van der Waals surface area (Å²) < 4.78 is 27.1. The lowest BCUT2D eigenvalue weighted by atomic mass is 10.1. The van der Waals surface area contributed by atoms with Gasteiger partial charge in [0, 0.05) is 31.7 Å². The highest BCUT2D eigenvalue weighted by molar-refractivity contribution is 7.89. The zero-order chi connectivity index (χ0) is 23.8. The molecule has 1 saturated heterocycles. The quantitative estimate of drug-likeness (QED) is 0.555. The van der Waals surface area contributed by atoms with Crippen LogP contribution in [-0.2, 0) is 32.5 Å². The van der Waals surface area contributed by atoms with Gasteiger partial charge in [-0.1, -0.05) is 38.1 Å². The molecule has 178 valence electrons. The van der Waals surface area contributed by atoms with Crippen molar-refractivity contribution in [2.45, 2.75) is 50.8 Å². The number of sulfonamides is 1. The normalized spacial score (nSPS) is 14.0. The average molecular weight is 472 g/mol. The zero-order valence-electron chi connectivity index (χ0n) is 19.3. The maximum Gasteiger partial charge on any atom is 0.240 e. The van der Waals surface area contributed by atoms with Gasteiger partial charge < -0.3 is 10.2 Å². The Labute approximate surface area is 196 Å². The van der Waals surface area contributed by atoms with Gasteiger partial charge >= 0.3 is 0 Å². The smallest absolute Gasteiger partial charge is 0.240 e. The van der Waals surface area contributed by atoms with Crippen molar-refractivity contribution in [1.29, 1.82) is 0 Å². The number of likely N-dealkylation sites (tertiary alicyclic amines) is 1. The SMILES string of the molecule is CC(C)CNS(=O)(=O)c1ccc(CCC(=O)Nc2ccc(CC(=O)N3CCCC3)cc2)cc1. The van der Waals surface area contributed by atoms with Crippen LogP contribution in [0.1, 0.15) is 44.2 Å². The Kier molecular flexibility index (Phi) is 8.63. The topological polar surface area (TPSA) is 95.6 Å². The monoisotopic (exact) mass is 471 g/mol. The average Bonchev–Trinajstić information content (AvgIpc) is 3.33. The van der Waals surface area contributed by atoms with Gasteiger partial charge in [0.2, 0.25) is 21.8 Å². The second kappa shape index (κ2) is 11.4. The second-order valence-electron chi connectivity index (χ2n) is 8.90. The summed E-state index contributed by atoms with van der Waals surface area (Å²) in [5.41, 5.74) is 2.52. The molecule has 1 fully saturated rings. The van der Waals surface area contributed by atoms with Gasteiger partial charge in [0.05, 0.1) is 11.3 Å². The molecule has 1 aliphatic rings. The molecule has 2 amide bonds. The Morgan fingerprint density at radius 2 is 1.55 bits per heavy atom. The Hall–Kier alpha value is -2.71. The molecule has 0 saturated carbocycles. The molecule has 1 heterocycles. The number of nitrogens with zero attached hydrogens (tertiary/aromatic N) is 1. The highest BCUT2D eigenvalue weighted by Gasteiger charge is 2.18. The number of carbonyl (C=O) groups is 2. The number of rotatable bonds is 10. The van der Waals surface area contributed by atoms with E-state index in [1.807, 2.05) is 43.0 Å². The Morgan fingerprint density at radius 1 is 0.939 bits per heavy atom. The fraction of sp³-hybridized carbons (Fsp3) is 0.440. The summed E-state index contributed by atoms with van der Waals surface area (Å²) in [7, 11) is -3.51. The molecule has 0 radical (unpaired) electrons. The Morgan fingerprint density at radius 3 is 2.15 bits per heavy atom. The maximum absolute atomic E-state index is 12.3. The lowest BCUT2D eigenvalue weighted by molar-refractivity contribution is -0.129. The summed E-state index contributed by atoms with van der Waals surface area (Å²) in [6, 6.07) is 14.0. The van der Waals surface area contributed by atoms with Crippen LogP contribution >= 0.6 is 0 Å². The zero-order valence-corrected chi connectivity index (χ0v) is 20.2. The minimum Gasteiger partial charge on any atom is -0.342 e. The van der Waals surface area contributed by atoms with Gasteiger partial charge in [0.25, 0.3) is 0 Å². The molecule has 0 unspecified atom stereocenters. The van der Waals surface area contributed by atoms with Crippen LogP contribution in [0.15, 0.2) is 53.4 Å². The molecule has 0 aromatic heterocycles. The molecule has 0 aliphatic carbocycles. The van der Waals surface area contributed by atoms with Gasteiger partial charge in [0.15, 0.2) is 0 Å². The van der Waals surface area contributed by atoms with Crippen LogP contribution in [0.25, 0.3) is 0 Å². The van der Waals surface area contributed by atoms with E-state index in [4.69, 9.17) is 0 Å². The molecule has 1 aliphatic heterocycles. The first-order valence-corrected chi connectivity index (χ1v) is 13.0. The molecule has 0 atom stereocenters.